The number of thioether (sulfide) groups is 1. The lowest BCUT2D eigenvalue weighted by Gasteiger charge is -2.15. The van der Waals surface area contributed by atoms with Crippen LogP contribution in [0.25, 0.3) is 0 Å². The van der Waals surface area contributed by atoms with Gasteiger partial charge in [0.25, 0.3) is 0 Å². The van der Waals surface area contributed by atoms with Gasteiger partial charge in [-0.25, -0.2) is 0 Å². The molecule has 0 aliphatic carbocycles. The third kappa shape index (κ3) is 4.61. The number of benzene rings is 1. The van der Waals surface area contributed by atoms with E-state index in [9.17, 15) is 4.79 Å². The lowest BCUT2D eigenvalue weighted by Crippen LogP contribution is -2.23. The van der Waals surface area contributed by atoms with E-state index in [0.717, 1.165) is 48.2 Å². The summed E-state index contributed by atoms with van der Waals surface area (Å²) in [6.45, 7) is 7.40. The molecule has 0 bridgehead atoms. The third-order valence-corrected chi connectivity index (χ3v) is 5.36. The maximum absolute atomic E-state index is 12.5. The first-order valence-electron chi connectivity index (χ1n) is 8.58. The maximum atomic E-state index is 12.5. The first-order valence-corrected chi connectivity index (χ1v) is 9.46. The number of rotatable bonds is 6. The monoisotopic (exact) mass is 360 g/mol. The number of anilines is 1. The first-order chi connectivity index (χ1) is 12.0. The number of aromatic nitrogens is 3. The number of ether oxygens (including phenoxy) is 1. The highest BCUT2D eigenvalue weighted by molar-refractivity contribution is 8.00. The van der Waals surface area contributed by atoms with E-state index < -0.39 is 0 Å². The van der Waals surface area contributed by atoms with E-state index in [1.807, 2.05) is 45.0 Å². The van der Waals surface area contributed by atoms with Gasteiger partial charge >= 0.3 is 0 Å². The van der Waals surface area contributed by atoms with Crippen molar-refractivity contribution in [2.75, 3.05) is 11.9 Å². The van der Waals surface area contributed by atoms with Gasteiger partial charge in [-0.2, -0.15) is 0 Å². The Labute approximate surface area is 152 Å². The smallest absolute Gasteiger partial charge is 0.237 e. The van der Waals surface area contributed by atoms with Crippen molar-refractivity contribution in [3.05, 3.63) is 35.7 Å². The zero-order valence-electron chi connectivity index (χ0n) is 14.9. The summed E-state index contributed by atoms with van der Waals surface area (Å²) in [5, 5.41) is 11.8. The zero-order valence-corrected chi connectivity index (χ0v) is 15.7. The van der Waals surface area contributed by atoms with Crippen LogP contribution in [-0.2, 0) is 16.1 Å². The fourth-order valence-corrected chi connectivity index (χ4v) is 3.65. The molecule has 1 aliphatic heterocycles. The highest BCUT2D eigenvalue weighted by Gasteiger charge is 2.22. The Morgan fingerprint density at radius 1 is 1.36 bits per heavy atom. The van der Waals surface area contributed by atoms with Crippen molar-refractivity contribution in [1.82, 2.24) is 14.8 Å². The van der Waals surface area contributed by atoms with Gasteiger partial charge in [0.05, 0.1) is 17.9 Å². The van der Waals surface area contributed by atoms with E-state index in [4.69, 9.17) is 4.74 Å². The first kappa shape index (κ1) is 17.9. The van der Waals surface area contributed by atoms with Crippen LogP contribution in [0.1, 0.15) is 31.2 Å². The molecule has 6 nitrogen and oxygen atoms in total. The molecule has 134 valence electrons. The molecule has 1 N–H and O–H groups in total. The molecule has 2 heterocycles. The number of hydrogen-bond acceptors (Lipinski definition) is 5. The Morgan fingerprint density at radius 2 is 2.12 bits per heavy atom. The second-order valence-corrected chi connectivity index (χ2v) is 7.70. The van der Waals surface area contributed by atoms with Crippen molar-refractivity contribution in [3.8, 4) is 0 Å². The molecule has 0 radical (unpaired) electrons. The van der Waals surface area contributed by atoms with Crippen LogP contribution in [-0.4, -0.2) is 38.6 Å². The van der Waals surface area contributed by atoms with Gasteiger partial charge in [0.2, 0.25) is 5.91 Å². The van der Waals surface area contributed by atoms with Crippen LogP contribution in [0.5, 0.6) is 0 Å². The Balaban J connectivity index is 1.62. The Hall–Kier alpha value is -1.86. The number of hydrogen-bond donors (Lipinski definition) is 1. The summed E-state index contributed by atoms with van der Waals surface area (Å²) in [5.41, 5.74) is 1.97. The fraction of sp³-hybridized carbons (Fsp3) is 0.500. The summed E-state index contributed by atoms with van der Waals surface area (Å²) in [7, 11) is 0. The Kier molecular flexibility index (Phi) is 5.75. The molecule has 1 saturated heterocycles. The molecule has 1 aliphatic rings. The predicted molar refractivity (Wildman–Crippen MR) is 98.9 cm³/mol. The van der Waals surface area contributed by atoms with Gasteiger partial charge in [0.1, 0.15) is 5.82 Å². The molecule has 2 atom stereocenters. The number of nitrogens with zero attached hydrogens (tertiary/aromatic N) is 3. The maximum Gasteiger partial charge on any atom is 0.237 e. The molecule has 7 heteroatoms. The van der Waals surface area contributed by atoms with E-state index in [1.54, 1.807) is 0 Å². The quantitative estimate of drug-likeness (QED) is 0.801. The van der Waals surface area contributed by atoms with Gasteiger partial charge in [-0.3, -0.25) is 4.79 Å². The predicted octanol–water partition coefficient (Wildman–Crippen LogP) is 3.19. The molecule has 0 spiro atoms. The third-order valence-electron chi connectivity index (χ3n) is 4.28. The second kappa shape index (κ2) is 8.01. The molecule has 3 rings (SSSR count). The molecule has 1 fully saturated rings. The lowest BCUT2D eigenvalue weighted by atomic mass is 10.2. The molecule has 25 heavy (non-hydrogen) atoms. The van der Waals surface area contributed by atoms with Crippen LogP contribution < -0.4 is 5.32 Å². The van der Waals surface area contributed by atoms with Crippen LogP contribution in [0.4, 0.5) is 5.69 Å². The Morgan fingerprint density at radius 3 is 2.80 bits per heavy atom. The topological polar surface area (TPSA) is 69.0 Å². The zero-order chi connectivity index (χ0) is 17.8. The van der Waals surface area contributed by atoms with E-state index >= 15 is 0 Å². The number of carbonyl (C=O) groups is 1. The molecule has 1 amide bonds. The normalized spacial score (nSPS) is 18.3. The van der Waals surface area contributed by atoms with E-state index in [2.05, 4.69) is 20.1 Å². The van der Waals surface area contributed by atoms with Crippen molar-refractivity contribution < 1.29 is 9.53 Å². The van der Waals surface area contributed by atoms with Gasteiger partial charge in [-0.1, -0.05) is 29.5 Å². The molecule has 2 aromatic rings. The van der Waals surface area contributed by atoms with Crippen molar-refractivity contribution in [3.63, 3.8) is 0 Å². The minimum atomic E-state index is -0.270. The molecule has 1 aromatic heterocycles. The van der Waals surface area contributed by atoms with Gasteiger partial charge < -0.3 is 14.6 Å². The van der Waals surface area contributed by atoms with Gasteiger partial charge in [-0.15, -0.1) is 10.2 Å². The Bertz CT molecular complexity index is 723. The average molecular weight is 360 g/mol. The molecule has 0 saturated carbocycles. The molecule has 1 aromatic carbocycles. The number of aryl methyl sites for hydroxylation is 2. The molecule has 2 unspecified atom stereocenters. The fourth-order valence-electron chi connectivity index (χ4n) is 2.74. The van der Waals surface area contributed by atoms with Crippen LogP contribution in [0, 0.1) is 13.8 Å². The largest absolute Gasteiger partial charge is 0.376 e. The number of nitrogens with one attached hydrogen (secondary N) is 1. The SMILES string of the molecule is Cc1ccc(NC(=O)C(C)Sc2nnc(C)n2CC2CCCO2)cc1. The molecular weight excluding hydrogens is 336 g/mol. The van der Waals surface area contributed by atoms with Gasteiger partial charge in [0, 0.05) is 12.3 Å². The molecular formula is C18H24N4O2S. The summed E-state index contributed by atoms with van der Waals surface area (Å²) in [5.74, 6) is 0.808. The van der Waals surface area contributed by atoms with E-state index in [1.165, 1.54) is 11.8 Å². The van der Waals surface area contributed by atoms with E-state index in [0.29, 0.717) is 0 Å². The van der Waals surface area contributed by atoms with Gasteiger partial charge in [-0.05, 0) is 45.7 Å². The number of amides is 1. The van der Waals surface area contributed by atoms with Crippen LogP contribution in [0.3, 0.4) is 0 Å². The van der Waals surface area contributed by atoms with Gasteiger partial charge in [0.15, 0.2) is 5.16 Å². The minimum absolute atomic E-state index is 0.0434. The van der Waals surface area contributed by atoms with Crippen LogP contribution in [0.2, 0.25) is 0 Å². The van der Waals surface area contributed by atoms with Crippen LogP contribution >= 0.6 is 11.8 Å². The summed E-state index contributed by atoms with van der Waals surface area (Å²) in [4.78, 5) is 12.5. The van der Waals surface area contributed by atoms with Crippen molar-refractivity contribution in [1.29, 1.82) is 0 Å². The lowest BCUT2D eigenvalue weighted by molar-refractivity contribution is -0.115. The summed E-state index contributed by atoms with van der Waals surface area (Å²) in [6, 6.07) is 7.79. The van der Waals surface area contributed by atoms with Crippen molar-refractivity contribution in [2.45, 2.75) is 56.7 Å². The highest BCUT2D eigenvalue weighted by atomic mass is 32.2. The summed E-state index contributed by atoms with van der Waals surface area (Å²) < 4.78 is 7.76. The van der Waals surface area contributed by atoms with Crippen molar-refractivity contribution in [2.24, 2.45) is 0 Å². The highest BCUT2D eigenvalue weighted by Crippen LogP contribution is 2.25. The van der Waals surface area contributed by atoms with Crippen LogP contribution in [0.15, 0.2) is 29.4 Å². The number of carbonyl (C=O) groups excluding carboxylic acids is 1. The van der Waals surface area contributed by atoms with E-state index in [-0.39, 0.29) is 17.3 Å². The standard InChI is InChI=1S/C18H24N4O2S/c1-12-6-8-15(9-7-12)19-17(23)13(2)25-18-21-20-14(3)22(18)11-16-5-4-10-24-16/h6-9,13,16H,4-5,10-11H2,1-3H3,(H,19,23). The average Bonchev–Trinajstić information content (AvgIpc) is 3.22. The summed E-state index contributed by atoms with van der Waals surface area (Å²) in [6.07, 6.45) is 2.38. The second-order valence-electron chi connectivity index (χ2n) is 6.39. The minimum Gasteiger partial charge on any atom is -0.376 e. The van der Waals surface area contributed by atoms with Crippen molar-refractivity contribution >= 4 is 23.4 Å². The summed E-state index contributed by atoms with van der Waals surface area (Å²) >= 11 is 1.43.